The Morgan fingerprint density at radius 1 is 1.50 bits per heavy atom. The zero-order chi connectivity index (χ0) is 18.4. The van der Waals surface area contributed by atoms with E-state index in [1.165, 1.54) is 23.1 Å². The summed E-state index contributed by atoms with van der Waals surface area (Å²) in [5, 5.41) is 23.7. The molecule has 1 aliphatic heterocycles. The third-order valence-electron chi connectivity index (χ3n) is 3.86. The number of hydrogen-bond donors (Lipinski definition) is 2. The number of rotatable bonds is 7. The molecule has 1 amide bonds. The van der Waals surface area contributed by atoms with Crippen LogP contribution in [0.3, 0.4) is 0 Å². The number of amides is 1. The van der Waals surface area contributed by atoms with Gasteiger partial charge in [-0.3, -0.25) is 4.79 Å². The highest BCUT2D eigenvalue weighted by Crippen LogP contribution is 2.30. The first-order chi connectivity index (χ1) is 12.7. The van der Waals surface area contributed by atoms with Crippen molar-refractivity contribution in [3.8, 4) is 6.07 Å². The predicted molar refractivity (Wildman–Crippen MR) is 102 cm³/mol. The van der Waals surface area contributed by atoms with Crippen molar-refractivity contribution in [1.29, 1.82) is 5.26 Å². The minimum absolute atomic E-state index is 0.179. The van der Waals surface area contributed by atoms with E-state index in [0.29, 0.717) is 11.3 Å². The van der Waals surface area contributed by atoms with Crippen LogP contribution in [-0.2, 0) is 9.53 Å². The summed E-state index contributed by atoms with van der Waals surface area (Å²) in [4.78, 5) is 12.4. The van der Waals surface area contributed by atoms with Gasteiger partial charge in [0.1, 0.15) is 6.07 Å². The molecule has 1 saturated heterocycles. The molecule has 1 aliphatic rings. The number of benzene rings is 1. The molecule has 0 unspecified atom stereocenters. The Balaban J connectivity index is 1.51. The lowest BCUT2D eigenvalue weighted by molar-refractivity contribution is -0.115. The van der Waals surface area contributed by atoms with E-state index < -0.39 is 0 Å². The Labute approximate surface area is 160 Å². The smallest absolute Gasteiger partial charge is 0.237 e. The second kappa shape index (κ2) is 8.98. The fraction of sp³-hybridized carbons (Fsp3) is 0.412. The number of ether oxygens (including phenoxy) is 1. The number of thioether (sulfide) groups is 1. The van der Waals surface area contributed by atoms with Crippen molar-refractivity contribution in [2.45, 2.75) is 35.5 Å². The van der Waals surface area contributed by atoms with E-state index in [1.807, 2.05) is 0 Å². The summed E-state index contributed by atoms with van der Waals surface area (Å²) in [5.41, 5.74) is 0.957. The number of nitrogens with zero attached hydrogens (tertiary/aromatic N) is 3. The van der Waals surface area contributed by atoms with E-state index >= 15 is 0 Å². The lowest BCUT2D eigenvalue weighted by atomic mass is 10.2. The molecule has 0 radical (unpaired) electrons. The van der Waals surface area contributed by atoms with Gasteiger partial charge in [0, 0.05) is 13.2 Å². The molecule has 1 aromatic heterocycles. The maximum atomic E-state index is 12.4. The van der Waals surface area contributed by atoms with Crippen molar-refractivity contribution >= 4 is 39.8 Å². The quantitative estimate of drug-likeness (QED) is 0.702. The maximum absolute atomic E-state index is 12.4. The fourth-order valence-corrected chi connectivity index (χ4v) is 4.37. The van der Waals surface area contributed by atoms with Gasteiger partial charge >= 0.3 is 0 Å². The number of aromatic nitrogens is 2. The largest absolute Gasteiger partial charge is 0.376 e. The van der Waals surface area contributed by atoms with Crippen LogP contribution in [0.15, 0.2) is 28.6 Å². The van der Waals surface area contributed by atoms with E-state index in [-0.39, 0.29) is 17.3 Å². The summed E-state index contributed by atoms with van der Waals surface area (Å²) < 4.78 is 6.28. The number of para-hydroxylation sites is 1. The highest BCUT2D eigenvalue weighted by atomic mass is 32.2. The topological polar surface area (TPSA) is 99.9 Å². The normalized spacial score (nSPS) is 17.5. The third-order valence-corrected chi connectivity index (χ3v) is 5.93. The lowest BCUT2D eigenvalue weighted by Gasteiger charge is -2.11. The number of nitriles is 1. The van der Waals surface area contributed by atoms with Gasteiger partial charge in [0.15, 0.2) is 4.34 Å². The highest BCUT2D eigenvalue weighted by Gasteiger charge is 2.19. The second-order valence-corrected chi connectivity index (χ2v) is 8.36. The molecule has 1 fully saturated rings. The van der Waals surface area contributed by atoms with Gasteiger partial charge in [-0.15, -0.1) is 10.2 Å². The Bertz CT molecular complexity index is 798. The van der Waals surface area contributed by atoms with Crippen LogP contribution in [0.1, 0.15) is 25.3 Å². The average Bonchev–Trinajstić information content (AvgIpc) is 3.32. The molecular weight excluding hydrogens is 370 g/mol. The minimum atomic E-state index is -0.360. The van der Waals surface area contributed by atoms with Crippen LogP contribution in [0.25, 0.3) is 0 Å². The van der Waals surface area contributed by atoms with Crippen LogP contribution in [0, 0.1) is 11.3 Å². The van der Waals surface area contributed by atoms with Gasteiger partial charge in [-0.1, -0.05) is 35.2 Å². The monoisotopic (exact) mass is 389 g/mol. The van der Waals surface area contributed by atoms with Crippen molar-refractivity contribution in [2.24, 2.45) is 0 Å². The summed E-state index contributed by atoms with van der Waals surface area (Å²) in [7, 11) is 0. The first-order valence-electron chi connectivity index (χ1n) is 8.31. The van der Waals surface area contributed by atoms with Crippen LogP contribution in [0.5, 0.6) is 0 Å². The van der Waals surface area contributed by atoms with E-state index in [0.717, 1.165) is 35.5 Å². The van der Waals surface area contributed by atoms with Crippen LogP contribution in [0.4, 0.5) is 10.8 Å². The van der Waals surface area contributed by atoms with E-state index in [2.05, 4.69) is 26.9 Å². The Hall–Kier alpha value is -2.15. The third kappa shape index (κ3) is 4.94. The van der Waals surface area contributed by atoms with Crippen molar-refractivity contribution in [3.05, 3.63) is 29.8 Å². The van der Waals surface area contributed by atoms with Crippen LogP contribution >= 0.6 is 23.1 Å². The second-order valence-electron chi connectivity index (χ2n) is 5.80. The molecule has 26 heavy (non-hydrogen) atoms. The van der Waals surface area contributed by atoms with Crippen LogP contribution in [0.2, 0.25) is 0 Å². The molecule has 9 heteroatoms. The molecule has 0 spiro atoms. The van der Waals surface area contributed by atoms with E-state index in [4.69, 9.17) is 10.00 Å². The van der Waals surface area contributed by atoms with Crippen LogP contribution in [-0.4, -0.2) is 40.6 Å². The highest BCUT2D eigenvalue weighted by molar-refractivity contribution is 8.02. The number of carbonyl (C=O) groups excluding carboxylic acids is 1. The molecule has 0 bridgehead atoms. The van der Waals surface area contributed by atoms with Crippen LogP contribution < -0.4 is 10.6 Å². The van der Waals surface area contributed by atoms with Crippen molar-refractivity contribution in [3.63, 3.8) is 0 Å². The van der Waals surface area contributed by atoms with Gasteiger partial charge in [0.2, 0.25) is 11.0 Å². The Kier molecular flexibility index (Phi) is 6.44. The zero-order valence-corrected chi connectivity index (χ0v) is 15.9. The summed E-state index contributed by atoms with van der Waals surface area (Å²) in [6, 6.07) is 9.00. The number of nitrogens with one attached hydrogen (secondary N) is 2. The van der Waals surface area contributed by atoms with E-state index in [9.17, 15) is 4.79 Å². The van der Waals surface area contributed by atoms with Crippen molar-refractivity contribution < 1.29 is 9.53 Å². The maximum Gasteiger partial charge on any atom is 0.237 e. The summed E-state index contributed by atoms with van der Waals surface area (Å²) in [6.45, 7) is 3.35. The molecule has 2 aromatic rings. The molecule has 2 N–H and O–H groups in total. The molecule has 1 aromatic carbocycles. The van der Waals surface area contributed by atoms with Gasteiger partial charge in [0.25, 0.3) is 0 Å². The fourth-order valence-electron chi connectivity index (χ4n) is 2.46. The molecular formula is C17H19N5O2S2. The summed E-state index contributed by atoms with van der Waals surface area (Å²) in [6.07, 6.45) is 2.40. The Morgan fingerprint density at radius 2 is 2.35 bits per heavy atom. The number of carbonyl (C=O) groups is 1. The first-order valence-corrected chi connectivity index (χ1v) is 10.0. The number of anilines is 2. The molecule has 2 heterocycles. The molecule has 136 valence electrons. The Morgan fingerprint density at radius 3 is 3.12 bits per heavy atom. The van der Waals surface area contributed by atoms with E-state index in [1.54, 1.807) is 31.2 Å². The molecule has 0 aliphatic carbocycles. The molecule has 0 saturated carbocycles. The predicted octanol–water partition coefficient (Wildman–Crippen LogP) is 3.12. The minimum Gasteiger partial charge on any atom is -0.376 e. The SMILES string of the molecule is C[C@@H](Sc1nnc(NC[C@@H]2CCCO2)s1)C(=O)Nc1ccccc1C#N. The van der Waals surface area contributed by atoms with Gasteiger partial charge < -0.3 is 15.4 Å². The van der Waals surface area contributed by atoms with Gasteiger partial charge in [-0.05, 0) is 31.9 Å². The van der Waals surface area contributed by atoms with Gasteiger partial charge in [-0.2, -0.15) is 5.26 Å². The molecule has 3 rings (SSSR count). The van der Waals surface area contributed by atoms with Crippen molar-refractivity contribution in [2.75, 3.05) is 23.8 Å². The van der Waals surface area contributed by atoms with Crippen molar-refractivity contribution in [1.82, 2.24) is 10.2 Å². The summed E-state index contributed by atoms with van der Waals surface area (Å²) in [5.74, 6) is -0.179. The molecule has 7 nitrogen and oxygen atoms in total. The number of hydrogen-bond acceptors (Lipinski definition) is 8. The van der Waals surface area contributed by atoms with Gasteiger partial charge in [0.05, 0.1) is 22.6 Å². The first kappa shape index (κ1) is 18.6. The molecule has 2 atom stereocenters. The zero-order valence-electron chi connectivity index (χ0n) is 14.3. The average molecular weight is 390 g/mol. The summed E-state index contributed by atoms with van der Waals surface area (Å²) >= 11 is 2.76. The lowest BCUT2D eigenvalue weighted by Crippen LogP contribution is -2.22. The van der Waals surface area contributed by atoms with Gasteiger partial charge in [-0.25, -0.2) is 0 Å². The standard InChI is InChI=1S/C17H19N5O2S2/c1-11(15(23)20-14-7-3-2-5-12(14)9-18)25-17-22-21-16(26-17)19-10-13-6-4-8-24-13/h2-3,5,7,11,13H,4,6,8,10H2,1H3,(H,19,21)(H,20,23)/t11-,13+/m1/s1.